The minimum Gasteiger partial charge on any atom is -0.376 e. The van der Waals surface area contributed by atoms with E-state index in [-0.39, 0.29) is 0 Å². The summed E-state index contributed by atoms with van der Waals surface area (Å²) in [5, 5.41) is 0.901. The molecule has 0 bridgehead atoms. The van der Waals surface area contributed by atoms with Crippen LogP contribution in [-0.4, -0.2) is 17.1 Å². The number of fused-ring (bicyclic) bond motifs is 1. The van der Waals surface area contributed by atoms with Gasteiger partial charge in [0, 0.05) is 12.7 Å². The molecule has 1 heterocycles. The Bertz CT molecular complexity index is 520. The Morgan fingerprint density at radius 2 is 2.27 bits per heavy atom. The molecule has 4 N–H and O–H groups in total. The fourth-order valence-corrected chi connectivity index (χ4v) is 2.09. The molecule has 1 aromatic heterocycles. The number of hydrogen-bond acceptors (Lipinski definition) is 4. The van der Waals surface area contributed by atoms with Gasteiger partial charge in [0.2, 0.25) is 0 Å². The molecule has 15 heavy (non-hydrogen) atoms. The second-order valence-electron chi connectivity index (χ2n) is 3.10. The van der Waals surface area contributed by atoms with E-state index in [0.29, 0.717) is 10.2 Å². The minimum atomic E-state index is 0.331. The minimum absolute atomic E-state index is 0.331. The third-order valence-corrected chi connectivity index (χ3v) is 3.24. The lowest BCUT2D eigenvalue weighted by Crippen LogP contribution is -2.31. The molecule has 0 unspecified atom stereocenters. The number of nitrogens with zero attached hydrogens (tertiary/aromatic N) is 2. The van der Waals surface area contributed by atoms with E-state index in [0.717, 1.165) is 15.9 Å². The molecule has 2 rings (SSSR count). The molecule has 0 saturated carbocycles. The molecule has 0 aliphatic heterocycles. The molecule has 4 nitrogen and oxygen atoms in total. The van der Waals surface area contributed by atoms with E-state index >= 15 is 0 Å². The molecule has 0 aliphatic carbocycles. The summed E-state index contributed by atoms with van der Waals surface area (Å²) in [7, 11) is 1.82. The number of nitrogen functional groups attached to an aromatic ring is 1. The van der Waals surface area contributed by atoms with Crippen LogP contribution >= 0.6 is 23.6 Å². The first kappa shape index (κ1) is 10.1. The van der Waals surface area contributed by atoms with Gasteiger partial charge >= 0.3 is 0 Å². The Labute approximate surface area is 96.5 Å². The number of thiazole rings is 1. The van der Waals surface area contributed by atoms with Crippen LogP contribution < -0.4 is 16.4 Å². The number of rotatable bonds is 1. The Morgan fingerprint density at radius 1 is 1.53 bits per heavy atom. The van der Waals surface area contributed by atoms with E-state index in [9.17, 15) is 0 Å². The monoisotopic (exact) mass is 238 g/mol. The van der Waals surface area contributed by atoms with Gasteiger partial charge in [-0.2, -0.15) is 0 Å². The highest BCUT2D eigenvalue weighted by Crippen LogP contribution is 2.27. The van der Waals surface area contributed by atoms with Gasteiger partial charge in [-0.05, 0) is 30.4 Å². The second kappa shape index (κ2) is 3.63. The van der Waals surface area contributed by atoms with Crippen molar-refractivity contribution in [1.29, 1.82) is 0 Å². The Balaban J connectivity index is 2.50. The predicted molar refractivity (Wildman–Crippen MR) is 69.2 cm³/mol. The van der Waals surface area contributed by atoms with Crippen molar-refractivity contribution in [3.8, 4) is 0 Å². The number of aromatic nitrogens is 1. The maximum Gasteiger partial charge on any atom is 0.181 e. The lowest BCUT2D eigenvalue weighted by Gasteiger charge is -2.16. The van der Waals surface area contributed by atoms with Crippen LogP contribution in [-0.2, 0) is 0 Å². The first-order chi connectivity index (χ1) is 7.08. The lowest BCUT2D eigenvalue weighted by molar-refractivity contribution is 1.27. The van der Waals surface area contributed by atoms with Gasteiger partial charge in [-0.15, -0.1) is 0 Å². The normalized spacial score (nSPS) is 10.5. The van der Waals surface area contributed by atoms with Crippen molar-refractivity contribution in [2.75, 3.05) is 17.7 Å². The van der Waals surface area contributed by atoms with Gasteiger partial charge in [-0.1, -0.05) is 11.3 Å². The van der Waals surface area contributed by atoms with Crippen molar-refractivity contribution in [2.45, 2.75) is 0 Å². The van der Waals surface area contributed by atoms with Crippen LogP contribution in [0.4, 0.5) is 10.8 Å². The zero-order valence-electron chi connectivity index (χ0n) is 8.10. The van der Waals surface area contributed by atoms with Crippen LogP contribution in [0.25, 0.3) is 10.2 Å². The molecule has 0 spiro atoms. The van der Waals surface area contributed by atoms with Crippen molar-refractivity contribution in [1.82, 2.24) is 4.98 Å². The van der Waals surface area contributed by atoms with Gasteiger partial charge < -0.3 is 16.4 Å². The van der Waals surface area contributed by atoms with Gasteiger partial charge in [0.25, 0.3) is 0 Å². The molecule has 1 aromatic carbocycles. The third kappa shape index (κ3) is 1.86. The van der Waals surface area contributed by atoms with Crippen LogP contribution in [0.1, 0.15) is 0 Å². The fourth-order valence-electron chi connectivity index (χ4n) is 1.27. The quantitative estimate of drug-likeness (QED) is 0.738. The second-order valence-corrected chi connectivity index (χ2v) is 4.58. The smallest absolute Gasteiger partial charge is 0.181 e. The molecule has 0 saturated heterocycles. The topological polar surface area (TPSA) is 68.2 Å². The molecular formula is C9H10N4S2. The highest BCUT2D eigenvalue weighted by atomic mass is 32.1. The summed E-state index contributed by atoms with van der Waals surface area (Å²) in [6.07, 6.45) is 0. The molecule has 0 fully saturated rings. The highest BCUT2D eigenvalue weighted by Gasteiger charge is 2.06. The van der Waals surface area contributed by atoms with Crippen LogP contribution in [0.3, 0.4) is 0 Å². The van der Waals surface area contributed by atoms with Crippen molar-refractivity contribution in [3.63, 3.8) is 0 Å². The van der Waals surface area contributed by atoms with Crippen molar-refractivity contribution in [3.05, 3.63) is 18.2 Å². The Hall–Kier alpha value is -1.40. The summed E-state index contributed by atoms with van der Waals surface area (Å²) < 4.78 is 1.06. The summed E-state index contributed by atoms with van der Waals surface area (Å²) in [6, 6.07) is 5.83. The number of thiocarbonyl (C=S) groups is 1. The molecule has 0 atom stereocenters. The number of hydrogen-bond donors (Lipinski definition) is 2. The van der Waals surface area contributed by atoms with Crippen LogP contribution in [0.2, 0.25) is 0 Å². The predicted octanol–water partition coefficient (Wildman–Crippen LogP) is 1.56. The van der Waals surface area contributed by atoms with E-state index in [4.69, 9.17) is 23.7 Å². The average molecular weight is 238 g/mol. The maximum absolute atomic E-state index is 5.62. The van der Waals surface area contributed by atoms with E-state index in [2.05, 4.69) is 4.98 Å². The first-order valence-corrected chi connectivity index (χ1v) is 5.49. The van der Waals surface area contributed by atoms with Crippen molar-refractivity contribution in [2.24, 2.45) is 5.73 Å². The number of benzene rings is 1. The first-order valence-electron chi connectivity index (χ1n) is 4.27. The summed E-state index contributed by atoms with van der Waals surface area (Å²) in [5.74, 6) is 0. The van der Waals surface area contributed by atoms with E-state index in [1.807, 2.05) is 25.2 Å². The lowest BCUT2D eigenvalue weighted by atomic mass is 10.3. The molecular weight excluding hydrogens is 228 g/mol. The summed E-state index contributed by atoms with van der Waals surface area (Å²) in [5.41, 5.74) is 12.9. The van der Waals surface area contributed by atoms with Crippen LogP contribution in [0, 0.1) is 0 Å². The van der Waals surface area contributed by atoms with Gasteiger partial charge in [0.05, 0.1) is 10.2 Å². The summed E-state index contributed by atoms with van der Waals surface area (Å²) in [6.45, 7) is 0. The van der Waals surface area contributed by atoms with Crippen LogP contribution in [0.5, 0.6) is 0 Å². The van der Waals surface area contributed by atoms with E-state index < -0.39 is 0 Å². The molecule has 0 amide bonds. The van der Waals surface area contributed by atoms with Gasteiger partial charge in [0.15, 0.2) is 10.2 Å². The SMILES string of the molecule is CN(C(N)=S)c1ccc2sc(N)nc2c1. The summed E-state index contributed by atoms with van der Waals surface area (Å²) in [4.78, 5) is 5.93. The van der Waals surface area contributed by atoms with Gasteiger partial charge in [-0.3, -0.25) is 0 Å². The molecule has 2 aromatic rings. The van der Waals surface area contributed by atoms with Gasteiger partial charge in [-0.25, -0.2) is 4.98 Å². The van der Waals surface area contributed by atoms with E-state index in [1.54, 1.807) is 4.90 Å². The Kier molecular flexibility index (Phi) is 2.45. The van der Waals surface area contributed by atoms with E-state index in [1.165, 1.54) is 11.3 Å². The molecule has 0 aliphatic rings. The number of anilines is 2. The third-order valence-electron chi connectivity index (χ3n) is 2.11. The maximum atomic E-state index is 5.62. The van der Waals surface area contributed by atoms with Crippen molar-refractivity contribution < 1.29 is 0 Å². The molecule has 78 valence electrons. The van der Waals surface area contributed by atoms with Gasteiger partial charge in [0.1, 0.15) is 0 Å². The highest BCUT2D eigenvalue weighted by molar-refractivity contribution is 7.80. The fraction of sp³-hybridized carbons (Fsp3) is 0.111. The molecule has 6 heteroatoms. The molecule has 0 radical (unpaired) electrons. The standard InChI is InChI=1S/C9H10N4S2/c1-13(9(11)14)5-2-3-7-6(4-5)12-8(10)15-7/h2-4H,1H3,(H2,10,12)(H2,11,14). The zero-order chi connectivity index (χ0) is 11.0. The largest absolute Gasteiger partial charge is 0.376 e. The average Bonchev–Trinajstić information content (AvgIpc) is 2.55. The Morgan fingerprint density at radius 3 is 2.93 bits per heavy atom. The zero-order valence-corrected chi connectivity index (χ0v) is 9.73. The van der Waals surface area contributed by atoms with Crippen LogP contribution in [0.15, 0.2) is 18.2 Å². The van der Waals surface area contributed by atoms with Crippen molar-refractivity contribution >= 4 is 49.7 Å². The number of nitrogens with two attached hydrogens (primary N) is 2. The summed E-state index contributed by atoms with van der Waals surface area (Å²) >= 11 is 6.35.